The zero-order chi connectivity index (χ0) is 25.8. The second kappa shape index (κ2) is 10.8. The lowest BCUT2D eigenvalue weighted by Crippen LogP contribution is -2.43. The summed E-state index contributed by atoms with van der Waals surface area (Å²) in [6, 6.07) is 18.9. The Morgan fingerprint density at radius 1 is 0.838 bits per heavy atom. The van der Waals surface area contributed by atoms with Crippen LogP contribution in [0.25, 0.3) is 22.2 Å². The maximum absolute atomic E-state index is 13.4. The number of hydrogen-bond donors (Lipinski definition) is 0. The first kappa shape index (κ1) is 24.4. The summed E-state index contributed by atoms with van der Waals surface area (Å²) in [5.74, 6) is 6.30. The highest BCUT2D eigenvalue weighted by molar-refractivity contribution is 6.26. The standard InChI is InChI=1S/C32H29N3O2/c1-3-5-9-22(4-2)21-35-31(36)26-11-8-10-25-24(16-17-27(30(25)26)32(35)37)15-13-23-14-18-29(34-20-23)28-12-6-7-19-33-28/h6-8,10-12,14,16-20,22H,3-5,9,21H2,1-2H3. The maximum Gasteiger partial charge on any atom is 0.261 e. The monoisotopic (exact) mass is 487 g/mol. The van der Waals surface area contributed by atoms with Crippen LogP contribution in [-0.2, 0) is 0 Å². The quantitative estimate of drug-likeness (QED) is 0.220. The third-order valence-electron chi connectivity index (χ3n) is 7.01. The van der Waals surface area contributed by atoms with Crippen LogP contribution in [0.5, 0.6) is 0 Å². The van der Waals surface area contributed by atoms with Crippen LogP contribution in [0.1, 0.15) is 71.4 Å². The molecular formula is C32H29N3O2. The number of hydrogen-bond acceptors (Lipinski definition) is 4. The first-order valence-corrected chi connectivity index (χ1v) is 12.9. The molecule has 1 atom stereocenters. The van der Waals surface area contributed by atoms with Gasteiger partial charge in [-0.05, 0) is 60.2 Å². The van der Waals surface area contributed by atoms with Crippen molar-refractivity contribution in [2.45, 2.75) is 39.5 Å². The summed E-state index contributed by atoms with van der Waals surface area (Å²) in [6.45, 7) is 4.75. The van der Waals surface area contributed by atoms with Crippen LogP contribution in [-0.4, -0.2) is 33.2 Å². The summed E-state index contributed by atoms with van der Waals surface area (Å²) in [6.07, 6.45) is 7.65. The Hall–Kier alpha value is -4.30. The number of aromatic nitrogens is 2. The minimum Gasteiger partial charge on any atom is -0.274 e. The summed E-state index contributed by atoms with van der Waals surface area (Å²) in [5, 5.41) is 1.52. The van der Waals surface area contributed by atoms with Gasteiger partial charge < -0.3 is 0 Å². The molecule has 184 valence electrons. The molecule has 0 spiro atoms. The number of rotatable bonds is 7. The highest BCUT2D eigenvalue weighted by atomic mass is 16.2. The Balaban J connectivity index is 1.45. The van der Waals surface area contributed by atoms with Crippen LogP contribution in [0.3, 0.4) is 0 Å². The lowest BCUT2D eigenvalue weighted by atomic mass is 9.90. The summed E-state index contributed by atoms with van der Waals surface area (Å²) in [4.78, 5) is 37.1. The largest absolute Gasteiger partial charge is 0.274 e. The second-order valence-corrected chi connectivity index (χ2v) is 9.42. The van der Waals surface area contributed by atoms with Gasteiger partial charge in [0.1, 0.15) is 0 Å². The number of carbonyl (C=O) groups excluding carboxylic acids is 2. The van der Waals surface area contributed by atoms with Gasteiger partial charge in [-0.3, -0.25) is 24.5 Å². The van der Waals surface area contributed by atoms with E-state index in [9.17, 15) is 9.59 Å². The molecule has 0 aliphatic carbocycles. The molecule has 1 aliphatic heterocycles. The second-order valence-electron chi connectivity index (χ2n) is 9.42. The minimum atomic E-state index is -0.211. The van der Waals surface area contributed by atoms with Gasteiger partial charge in [0.2, 0.25) is 0 Å². The summed E-state index contributed by atoms with van der Waals surface area (Å²) >= 11 is 0. The van der Waals surface area contributed by atoms with Crippen molar-refractivity contribution in [2.75, 3.05) is 6.54 Å². The molecule has 2 aromatic heterocycles. The Labute approximate surface area is 217 Å². The van der Waals surface area contributed by atoms with Crippen LogP contribution in [0.15, 0.2) is 73.1 Å². The average molecular weight is 488 g/mol. The molecule has 4 aromatic rings. The van der Waals surface area contributed by atoms with Crippen LogP contribution < -0.4 is 0 Å². The molecule has 0 fully saturated rings. The van der Waals surface area contributed by atoms with Gasteiger partial charge in [0.05, 0.1) is 11.4 Å². The van der Waals surface area contributed by atoms with Crippen LogP contribution in [0.4, 0.5) is 0 Å². The molecule has 37 heavy (non-hydrogen) atoms. The SMILES string of the molecule is CCCCC(CC)CN1C(=O)c2cccc3c(C#Cc4ccc(-c5ccccn5)nc4)ccc(c23)C1=O. The molecule has 5 nitrogen and oxygen atoms in total. The fourth-order valence-corrected chi connectivity index (χ4v) is 4.87. The Kier molecular flexibility index (Phi) is 7.09. The predicted molar refractivity (Wildman–Crippen MR) is 146 cm³/mol. The predicted octanol–water partition coefficient (Wildman–Crippen LogP) is 6.51. The summed E-state index contributed by atoms with van der Waals surface area (Å²) in [7, 11) is 0. The van der Waals surface area contributed by atoms with Crippen LogP contribution >= 0.6 is 0 Å². The third kappa shape index (κ3) is 4.88. The van der Waals surface area contributed by atoms with Crippen molar-refractivity contribution in [1.29, 1.82) is 0 Å². The van der Waals surface area contributed by atoms with Gasteiger partial charge in [-0.15, -0.1) is 0 Å². The maximum atomic E-state index is 13.4. The van der Waals surface area contributed by atoms with E-state index in [0.717, 1.165) is 53.6 Å². The molecular weight excluding hydrogens is 458 g/mol. The van der Waals surface area contributed by atoms with E-state index in [2.05, 4.69) is 35.7 Å². The van der Waals surface area contributed by atoms with Gasteiger partial charge in [0.15, 0.2) is 0 Å². The van der Waals surface area contributed by atoms with Crippen LogP contribution in [0.2, 0.25) is 0 Å². The lowest BCUT2D eigenvalue weighted by Gasteiger charge is -2.30. The highest BCUT2D eigenvalue weighted by Crippen LogP contribution is 2.33. The molecule has 2 aromatic carbocycles. The van der Waals surface area contributed by atoms with E-state index in [0.29, 0.717) is 29.0 Å². The first-order chi connectivity index (χ1) is 18.1. The first-order valence-electron chi connectivity index (χ1n) is 12.9. The van der Waals surface area contributed by atoms with Gasteiger partial charge in [-0.25, -0.2) is 0 Å². The van der Waals surface area contributed by atoms with Gasteiger partial charge in [-0.1, -0.05) is 63.1 Å². The number of carbonyl (C=O) groups is 2. The highest BCUT2D eigenvalue weighted by Gasteiger charge is 2.34. The van der Waals surface area contributed by atoms with Crippen LogP contribution in [0, 0.1) is 17.8 Å². The third-order valence-corrected chi connectivity index (χ3v) is 7.01. The number of nitrogens with zero attached hydrogens (tertiary/aromatic N) is 3. The van der Waals surface area contributed by atoms with Gasteiger partial charge in [0.25, 0.3) is 11.8 Å². The molecule has 2 amide bonds. The van der Waals surface area contributed by atoms with Crippen molar-refractivity contribution in [2.24, 2.45) is 5.92 Å². The molecule has 0 saturated heterocycles. The summed E-state index contributed by atoms with van der Waals surface area (Å²) < 4.78 is 0. The van der Waals surface area contributed by atoms with Crippen molar-refractivity contribution in [1.82, 2.24) is 14.9 Å². The van der Waals surface area contributed by atoms with E-state index in [4.69, 9.17) is 0 Å². The van der Waals surface area contributed by atoms with E-state index < -0.39 is 0 Å². The van der Waals surface area contributed by atoms with Crippen molar-refractivity contribution in [3.8, 4) is 23.2 Å². The number of pyridine rings is 2. The molecule has 0 radical (unpaired) electrons. The number of amides is 2. The zero-order valence-electron chi connectivity index (χ0n) is 21.2. The molecule has 5 rings (SSSR count). The lowest BCUT2D eigenvalue weighted by molar-refractivity contribution is 0.0580. The average Bonchev–Trinajstić information content (AvgIpc) is 2.95. The zero-order valence-corrected chi connectivity index (χ0v) is 21.2. The van der Waals surface area contributed by atoms with E-state index in [-0.39, 0.29) is 11.8 Å². The number of unbranched alkanes of at least 4 members (excludes halogenated alkanes) is 1. The van der Waals surface area contributed by atoms with E-state index in [1.165, 1.54) is 4.90 Å². The topological polar surface area (TPSA) is 63.2 Å². The number of benzene rings is 2. The Bertz CT molecular complexity index is 1490. The number of imide groups is 1. The molecule has 0 bridgehead atoms. The van der Waals surface area contributed by atoms with E-state index >= 15 is 0 Å². The van der Waals surface area contributed by atoms with Crippen molar-refractivity contribution in [3.05, 3.63) is 95.3 Å². The Morgan fingerprint density at radius 2 is 1.65 bits per heavy atom. The minimum absolute atomic E-state index is 0.211. The molecule has 1 unspecified atom stereocenters. The van der Waals surface area contributed by atoms with E-state index in [1.54, 1.807) is 12.4 Å². The van der Waals surface area contributed by atoms with Crippen molar-refractivity contribution < 1.29 is 9.59 Å². The molecule has 0 saturated carbocycles. The fourth-order valence-electron chi connectivity index (χ4n) is 4.87. The van der Waals surface area contributed by atoms with Gasteiger partial charge in [0, 0.05) is 46.6 Å². The molecule has 3 heterocycles. The molecule has 1 aliphatic rings. The molecule has 0 N–H and O–H groups in total. The van der Waals surface area contributed by atoms with Crippen molar-refractivity contribution >= 4 is 22.6 Å². The van der Waals surface area contributed by atoms with E-state index in [1.807, 2.05) is 60.7 Å². The normalized spacial score (nSPS) is 13.4. The molecule has 5 heteroatoms. The Morgan fingerprint density at radius 3 is 2.35 bits per heavy atom. The van der Waals surface area contributed by atoms with Gasteiger partial charge in [-0.2, -0.15) is 0 Å². The summed E-state index contributed by atoms with van der Waals surface area (Å²) in [5.41, 5.74) is 4.29. The van der Waals surface area contributed by atoms with Crippen molar-refractivity contribution in [3.63, 3.8) is 0 Å². The smallest absolute Gasteiger partial charge is 0.261 e. The van der Waals surface area contributed by atoms with Gasteiger partial charge >= 0.3 is 0 Å². The fraction of sp³-hybridized carbons (Fsp3) is 0.250.